The Balaban J connectivity index is 2.27. The van der Waals surface area contributed by atoms with Crippen LogP contribution in [0.25, 0.3) is 0 Å². The highest BCUT2D eigenvalue weighted by Crippen LogP contribution is 2.23. The Hall–Kier alpha value is -1.75. The largest absolute Gasteiger partial charge is 0.508 e. The normalized spacial score (nSPS) is 13.3. The van der Waals surface area contributed by atoms with Crippen LogP contribution in [0.5, 0.6) is 11.5 Å². The van der Waals surface area contributed by atoms with Gasteiger partial charge >= 0.3 is 5.97 Å². The summed E-state index contributed by atoms with van der Waals surface area (Å²) in [6.07, 6.45) is 9.60. The number of aliphatic hydroxyl groups excluding tert-OH is 1. The van der Waals surface area contributed by atoms with Gasteiger partial charge in [0.15, 0.2) is 0 Å². The third-order valence-corrected chi connectivity index (χ3v) is 4.41. The zero-order chi connectivity index (χ0) is 19.4. The van der Waals surface area contributed by atoms with Crippen LogP contribution in [0, 0.1) is 0 Å². The minimum absolute atomic E-state index is 0.0113. The van der Waals surface area contributed by atoms with E-state index in [1.807, 2.05) is 6.92 Å². The number of carbonyl (C=O) groups is 1. The lowest BCUT2D eigenvalue weighted by atomic mass is 10.0. The molecule has 1 aromatic rings. The zero-order valence-electron chi connectivity index (χ0n) is 16.1. The summed E-state index contributed by atoms with van der Waals surface area (Å²) in [5.41, 5.74) is 0.756. The Labute approximate surface area is 157 Å². The summed E-state index contributed by atoms with van der Waals surface area (Å²) in [7, 11) is 0. The summed E-state index contributed by atoms with van der Waals surface area (Å²) < 4.78 is 5.39. The Morgan fingerprint density at radius 2 is 1.42 bits per heavy atom. The molecule has 5 nitrogen and oxygen atoms in total. The first-order chi connectivity index (χ1) is 12.4. The van der Waals surface area contributed by atoms with E-state index in [4.69, 9.17) is 4.74 Å². The van der Waals surface area contributed by atoms with Crippen LogP contribution in [0.2, 0.25) is 0 Å². The van der Waals surface area contributed by atoms with E-state index in [1.54, 1.807) is 12.1 Å². The van der Waals surface area contributed by atoms with Gasteiger partial charge in [-0.1, -0.05) is 38.5 Å². The monoisotopic (exact) mass is 366 g/mol. The van der Waals surface area contributed by atoms with E-state index >= 15 is 0 Å². The Kier molecular flexibility index (Phi) is 10.8. The molecule has 0 aliphatic carbocycles. The van der Waals surface area contributed by atoms with Gasteiger partial charge in [0.1, 0.15) is 17.6 Å². The van der Waals surface area contributed by atoms with E-state index in [1.165, 1.54) is 32.3 Å². The van der Waals surface area contributed by atoms with Gasteiger partial charge in [-0.2, -0.15) is 0 Å². The van der Waals surface area contributed by atoms with Gasteiger partial charge in [-0.25, -0.2) is 0 Å². The van der Waals surface area contributed by atoms with Gasteiger partial charge in [-0.05, 0) is 43.9 Å². The third kappa shape index (κ3) is 11.0. The molecule has 0 aliphatic rings. The van der Waals surface area contributed by atoms with E-state index in [0.29, 0.717) is 6.42 Å². The van der Waals surface area contributed by atoms with Crippen LogP contribution in [-0.2, 0) is 16.0 Å². The molecule has 1 rings (SSSR count). The van der Waals surface area contributed by atoms with Crippen molar-refractivity contribution in [2.75, 3.05) is 0 Å². The molecular formula is C21H34O5. The SMILES string of the molecule is CC(=O)OC(CCCCCCCCCC(C)O)Cc1cc(O)cc(O)c1. The van der Waals surface area contributed by atoms with E-state index in [2.05, 4.69) is 0 Å². The fraction of sp³-hybridized carbons (Fsp3) is 0.667. The summed E-state index contributed by atoms with van der Waals surface area (Å²) in [5.74, 6) is -0.285. The molecule has 0 bridgehead atoms. The molecule has 0 saturated carbocycles. The number of unbranched alkanes of at least 4 members (excludes halogenated alkanes) is 6. The van der Waals surface area contributed by atoms with E-state index in [9.17, 15) is 20.1 Å². The summed E-state index contributed by atoms with van der Waals surface area (Å²) in [4.78, 5) is 11.3. The molecule has 0 fully saturated rings. The average Bonchev–Trinajstić information content (AvgIpc) is 2.51. The number of phenols is 2. The molecular weight excluding hydrogens is 332 g/mol. The second-order valence-corrected chi connectivity index (χ2v) is 7.19. The number of benzene rings is 1. The Morgan fingerprint density at radius 1 is 0.923 bits per heavy atom. The van der Waals surface area contributed by atoms with Gasteiger partial charge in [0.05, 0.1) is 6.10 Å². The van der Waals surface area contributed by atoms with Crippen LogP contribution in [0.1, 0.15) is 77.2 Å². The van der Waals surface area contributed by atoms with Crippen molar-refractivity contribution in [1.82, 2.24) is 0 Å². The summed E-state index contributed by atoms with van der Waals surface area (Å²) in [5, 5.41) is 28.4. The number of hydrogen-bond acceptors (Lipinski definition) is 5. The maximum absolute atomic E-state index is 11.3. The molecule has 2 atom stereocenters. The van der Waals surface area contributed by atoms with E-state index < -0.39 is 0 Å². The highest BCUT2D eigenvalue weighted by atomic mass is 16.5. The maximum Gasteiger partial charge on any atom is 0.302 e. The van der Waals surface area contributed by atoms with E-state index in [-0.39, 0.29) is 29.7 Å². The molecule has 3 N–H and O–H groups in total. The van der Waals surface area contributed by atoms with Gasteiger partial charge in [0.2, 0.25) is 0 Å². The first-order valence-electron chi connectivity index (χ1n) is 9.74. The quantitative estimate of drug-likeness (QED) is 0.354. The van der Waals surface area contributed by atoms with Gasteiger partial charge in [-0.15, -0.1) is 0 Å². The molecule has 2 unspecified atom stereocenters. The van der Waals surface area contributed by atoms with Crippen molar-refractivity contribution in [3.05, 3.63) is 23.8 Å². The van der Waals surface area contributed by atoms with Crippen LogP contribution in [-0.4, -0.2) is 33.5 Å². The van der Waals surface area contributed by atoms with Crippen molar-refractivity contribution in [1.29, 1.82) is 0 Å². The second-order valence-electron chi connectivity index (χ2n) is 7.19. The lowest BCUT2D eigenvalue weighted by Crippen LogP contribution is -2.19. The van der Waals surface area contributed by atoms with Crippen LogP contribution in [0.15, 0.2) is 18.2 Å². The number of aliphatic hydroxyl groups is 1. The highest BCUT2D eigenvalue weighted by molar-refractivity contribution is 5.66. The summed E-state index contributed by atoms with van der Waals surface area (Å²) in [6.45, 7) is 3.23. The van der Waals surface area contributed by atoms with Crippen LogP contribution in [0.3, 0.4) is 0 Å². The zero-order valence-corrected chi connectivity index (χ0v) is 16.1. The molecule has 0 aromatic heterocycles. The molecule has 148 valence electrons. The second kappa shape index (κ2) is 12.6. The summed E-state index contributed by atoms with van der Waals surface area (Å²) >= 11 is 0. The van der Waals surface area contributed by atoms with Gasteiger partial charge in [0, 0.05) is 19.4 Å². The molecule has 0 radical (unpaired) electrons. The Morgan fingerprint density at radius 3 is 1.92 bits per heavy atom. The first kappa shape index (κ1) is 22.3. The number of carbonyl (C=O) groups excluding carboxylic acids is 1. The highest BCUT2D eigenvalue weighted by Gasteiger charge is 2.14. The number of aromatic hydroxyl groups is 2. The third-order valence-electron chi connectivity index (χ3n) is 4.41. The van der Waals surface area contributed by atoms with Gasteiger partial charge < -0.3 is 20.1 Å². The molecule has 0 aliphatic heterocycles. The van der Waals surface area contributed by atoms with Crippen molar-refractivity contribution in [3.8, 4) is 11.5 Å². The van der Waals surface area contributed by atoms with Crippen LogP contribution in [0.4, 0.5) is 0 Å². The predicted molar refractivity (Wildman–Crippen MR) is 102 cm³/mol. The molecule has 0 amide bonds. The molecule has 5 heteroatoms. The first-order valence-corrected chi connectivity index (χ1v) is 9.74. The molecule has 0 spiro atoms. The fourth-order valence-electron chi connectivity index (χ4n) is 3.17. The Bertz CT molecular complexity index is 507. The molecule has 1 aromatic carbocycles. The standard InChI is InChI=1S/C21H34O5/c1-16(22)10-8-6-4-3-5-7-9-11-21(26-17(2)23)14-18-12-19(24)15-20(25)13-18/h12-13,15-16,21-22,24-25H,3-11,14H2,1-2H3. The van der Waals surface area contributed by atoms with Crippen molar-refractivity contribution >= 4 is 5.97 Å². The van der Waals surface area contributed by atoms with Gasteiger partial charge in [0.25, 0.3) is 0 Å². The molecule has 0 saturated heterocycles. The lowest BCUT2D eigenvalue weighted by molar-refractivity contribution is -0.146. The lowest BCUT2D eigenvalue weighted by Gasteiger charge is -2.17. The minimum Gasteiger partial charge on any atom is -0.508 e. The van der Waals surface area contributed by atoms with Crippen LogP contribution >= 0.6 is 0 Å². The minimum atomic E-state index is -0.308. The number of phenolic OH excluding ortho intramolecular Hbond substituents is 2. The number of rotatable bonds is 13. The maximum atomic E-state index is 11.3. The van der Waals surface area contributed by atoms with Gasteiger partial charge in [-0.3, -0.25) is 4.79 Å². The average molecular weight is 366 g/mol. The number of hydrogen-bond donors (Lipinski definition) is 3. The topological polar surface area (TPSA) is 87.0 Å². The van der Waals surface area contributed by atoms with Crippen molar-refractivity contribution < 1.29 is 24.9 Å². The summed E-state index contributed by atoms with van der Waals surface area (Å²) in [6, 6.07) is 4.46. The van der Waals surface area contributed by atoms with E-state index in [0.717, 1.165) is 44.1 Å². The fourth-order valence-corrected chi connectivity index (χ4v) is 3.17. The molecule has 26 heavy (non-hydrogen) atoms. The predicted octanol–water partition coefficient (Wildman–Crippen LogP) is 4.46. The molecule has 0 heterocycles. The number of esters is 1. The van der Waals surface area contributed by atoms with Crippen molar-refractivity contribution in [3.63, 3.8) is 0 Å². The van der Waals surface area contributed by atoms with Crippen molar-refractivity contribution in [2.24, 2.45) is 0 Å². The number of ether oxygens (including phenoxy) is 1. The van der Waals surface area contributed by atoms with Crippen molar-refractivity contribution in [2.45, 2.75) is 90.3 Å². The van der Waals surface area contributed by atoms with Crippen LogP contribution < -0.4 is 0 Å². The smallest absolute Gasteiger partial charge is 0.302 e.